The van der Waals surface area contributed by atoms with Crippen molar-refractivity contribution in [3.05, 3.63) is 76.6 Å². The molecule has 0 unspecified atom stereocenters. The molecule has 4 aromatic rings. The van der Waals surface area contributed by atoms with Gasteiger partial charge in [0.15, 0.2) is 5.76 Å². The monoisotopic (exact) mass is 512 g/mol. The van der Waals surface area contributed by atoms with Crippen molar-refractivity contribution >= 4 is 11.6 Å². The van der Waals surface area contributed by atoms with Gasteiger partial charge >= 0.3 is 5.89 Å². The van der Waals surface area contributed by atoms with Gasteiger partial charge in [-0.1, -0.05) is 0 Å². The number of halogens is 1. The van der Waals surface area contributed by atoms with Gasteiger partial charge in [-0.15, -0.1) is 16.3 Å². The average molecular weight is 513 g/mol. The van der Waals surface area contributed by atoms with Crippen LogP contribution in [-0.4, -0.2) is 17.2 Å². The SMILES string of the molecule is Cc1oc(-c2ccc(OC(C)C)cc2)[n+]([O-])c1C.Cc1oc(-c2ccc(OC(C)C)cc2)nc1CCl. The number of alkyl halides is 1. The van der Waals surface area contributed by atoms with E-state index in [4.69, 9.17) is 29.9 Å². The van der Waals surface area contributed by atoms with E-state index in [-0.39, 0.29) is 12.2 Å². The van der Waals surface area contributed by atoms with Crippen LogP contribution in [0, 0.1) is 26.0 Å². The Labute approximate surface area is 217 Å². The van der Waals surface area contributed by atoms with Crippen LogP contribution < -0.4 is 14.2 Å². The molecule has 192 valence electrons. The number of hydrogen-bond acceptors (Lipinski definition) is 6. The fourth-order valence-corrected chi connectivity index (χ4v) is 3.55. The van der Waals surface area contributed by atoms with Crippen LogP contribution in [0.15, 0.2) is 57.4 Å². The molecule has 0 spiro atoms. The number of rotatable bonds is 7. The summed E-state index contributed by atoms with van der Waals surface area (Å²) in [6.45, 7) is 13.3. The molecule has 0 bridgehead atoms. The third-order valence-electron chi connectivity index (χ3n) is 5.21. The first-order valence-electron chi connectivity index (χ1n) is 11.8. The predicted octanol–water partition coefficient (Wildman–Crippen LogP) is 7.16. The second-order valence-corrected chi connectivity index (χ2v) is 9.15. The molecule has 0 aliphatic heterocycles. The smallest absolute Gasteiger partial charge is 0.392 e. The van der Waals surface area contributed by atoms with Gasteiger partial charge < -0.3 is 23.5 Å². The minimum Gasteiger partial charge on any atom is -0.616 e. The zero-order valence-corrected chi connectivity index (χ0v) is 22.6. The van der Waals surface area contributed by atoms with Crippen molar-refractivity contribution in [1.82, 2.24) is 4.98 Å². The van der Waals surface area contributed by atoms with Gasteiger partial charge in [0.2, 0.25) is 11.6 Å². The maximum Gasteiger partial charge on any atom is 0.392 e. The van der Waals surface area contributed by atoms with Crippen LogP contribution in [0.5, 0.6) is 11.5 Å². The summed E-state index contributed by atoms with van der Waals surface area (Å²) < 4.78 is 23.0. The summed E-state index contributed by atoms with van der Waals surface area (Å²) >= 11 is 5.77. The second-order valence-electron chi connectivity index (χ2n) is 8.88. The van der Waals surface area contributed by atoms with Crippen LogP contribution in [0.2, 0.25) is 0 Å². The zero-order chi connectivity index (χ0) is 26.4. The number of ether oxygens (including phenoxy) is 2. The van der Waals surface area contributed by atoms with E-state index in [1.54, 1.807) is 13.8 Å². The number of benzene rings is 2. The first-order valence-corrected chi connectivity index (χ1v) is 12.4. The molecule has 7 nitrogen and oxygen atoms in total. The third kappa shape index (κ3) is 6.82. The first kappa shape index (κ1) is 27.1. The van der Waals surface area contributed by atoms with E-state index < -0.39 is 0 Å². The van der Waals surface area contributed by atoms with Crippen molar-refractivity contribution in [2.24, 2.45) is 0 Å². The summed E-state index contributed by atoms with van der Waals surface area (Å²) in [7, 11) is 0. The van der Waals surface area contributed by atoms with Crippen LogP contribution in [0.1, 0.15) is 50.6 Å². The summed E-state index contributed by atoms with van der Waals surface area (Å²) in [6.07, 6.45) is 0.302. The Morgan fingerprint density at radius 2 is 1.31 bits per heavy atom. The van der Waals surface area contributed by atoms with Crippen molar-refractivity contribution in [3.63, 3.8) is 0 Å². The van der Waals surface area contributed by atoms with Crippen molar-refractivity contribution in [2.45, 2.75) is 66.6 Å². The molecule has 2 aromatic heterocycles. The number of hydrogen-bond donors (Lipinski definition) is 0. The van der Waals surface area contributed by atoms with Gasteiger partial charge in [0.05, 0.1) is 29.3 Å². The maximum absolute atomic E-state index is 11.8. The molecule has 0 saturated heterocycles. The minimum absolute atomic E-state index is 0.133. The number of oxazole rings is 2. The van der Waals surface area contributed by atoms with Crippen molar-refractivity contribution in [1.29, 1.82) is 0 Å². The Morgan fingerprint density at radius 1 is 0.806 bits per heavy atom. The molecule has 0 radical (unpaired) electrons. The first-order chi connectivity index (χ1) is 17.1. The van der Waals surface area contributed by atoms with E-state index in [9.17, 15) is 5.21 Å². The predicted molar refractivity (Wildman–Crippen MR) is 140 cm³/mol. The van der Waals surface area contributed by atoms with Crippen LogP contribution >= 0.6 is 11.6 Å². The fraction of sp³-hybridized carbons (Fsp3) is 0.357. The van der Waals surface area contributed by atoms with Crippen LogP contribution in [0.4, 0.5) is 0 Å². The summed E-state index contributed by atoms with van der Waals surface area (Å²) in [5.74, 6) is 4.32. The topological polar surface area (TPSA) is 84.6 Å². The number of nitrogens with zero attached hydrogens (tertiary/aromatic N) is 2. The van der Waals surface area contributed by atoms with Gasteiger partial charge in [-0.25, -0.2) is 4.98 Å². The molecule has 0 amide bonds. The molecule has 0 aliphatic carbocycles. The average Bonchev–Trinajstić information content (AvgIpc) is 3.34. The molecule has 0 N–H and O–H groups in total. The van der Waals surface area contributed by atoms with Gasteiger partial charge in [-0.05, 0) is 83.1 Å². The lowest BCUT2D eigenvalue weighted by Gasteiger charge is -2.09. The summed E-state index contributed by atoms with van der Waals surface area (Å²) in [5.41, 5.74) is 3.05. The summed E-state index contributed by atoms with van der Waals surface area (Å²) in [5, 5.41) is 11.8. The van der Waals surface area contributed by atoms with E-state index in [1.165, 1.54) is 0 Å². The molecule has 4 rings (SSSR count). The summed E-state index contributed by atoms with van der Waals surface area (Å²) in [4.78, 5) is 4.35. The van der Waals surface area contributed by atoms with E-state index in [0.717, 1.165) is 38.8 Å². The van der Waals surface area contributed by atoms with Gasteiger partial charge in [0, 0.05) is 19.4 Å². The highest BCUT2D eigenvalue weighted by Gasteiger charge is 2.20. The highest BCUT2D eigenvalue weighted by Crippen LogP contribution is 2.25. The highest BCUT2D eigenvalue weighted by atomic mass is 35.5. The molecule has 2 heterocycles. The molecular weight excluding hydrogens is 480 g/mol. The Hall–Kier alpha value is -3.45. The maximum atomic E-state index is 11.8. The van der Waals surface area contributed by atoms with E-state index in [2.05, 4.69) is 4.98 Å². The van der Waals surface area contributed by atoms with Crippen LogP contribution in [-0.2, 0) is 5.88 Å². The van der Waals surface area contributed by atoms with Crippen molar-refractivity contribution < 1.29 is 23.0 Å². The molecule has 0 aliphatic rings. The van der Waals surface area contributed by atoms with Crippen molar-refractivity contribution in [2.75, 3.05) is 0 Å². The number of aryl methyl sites for hydroxylation is 2. The summed E-state index contributed by atoms with van der Waals surface area (Å²) in [6, 6.07) is 15.0. The number of aromatic nitrogens is 2. The third-order valence-corrected chi connectivity index (χ3v) is 5.47. The van der Waals surface area contributed by atoms with Gasteiger partial charge in [0.1, 0.15) is 17.3 Å². The molecular formula is C28H33ClN2O5. The lowest BCUT2D eigenvalue weighted by atomic mass is 10.2. The van der Waals surface area contributed by atoms with E-state index >= 15 is 0 Å². The molecule has 36 heavy (non-hydrogen) atoms. The molecule has 0 saturated carbocycles. The molecule has 0 fully saturated rings. The zero-order valence-electron chi connectivity index (χ0n) is 21.8. The van der Waals surface area contributed by atoms with E-state index in [1.807, 2.05) is 83.1 Å². The van der Waals surface area contributed by atoms with Gasteiger partial charge in [-0.3, -0.25) is 0 Å². The van der Waals surface area contributed by atoms with E-state index in [0.29, 0.717) is 29.1 Å². The highest BCUT2D eigenvalue weighted by molar-refractivity contribution is 6.17. The molecule has 0 atom stereocenters. The lowest BCUT2D eigenvalue weighted by Crippen LogP contribution is -2.29. The lowest BCUT2D eigenvalue weighted by molar-refractivity contribution is -0.602. The normalized spacial score (nSPS) is 10.9. The Kier molecular flexibility index (Phi) is 9.04. The Bertz CT molecular complexity index is 1260. The Morgan fingerprint density at radius 3 is 1.69 bits per heavy atom. The second kappa shape index (κ2) is 12.0. The van der Waals surface area contributed by atoms with Gasteiger partial charge in [-0.2, -0.15) is 0 Å². The Balaban J connectivity index is 0.000000201. The molecule has 2 aromatic carbocycles. The van der Waals surface area contributed by atoms with Gasteiger partial charge in [0.25, 0.3) is 0 Å². The largest absolute Gasteiger partial charge is 0.616 e. The minimum atomic E-state index is 0.133. The van der Waals surface area contributed by atoms with Crippen molar-refractivity contribution in [3.8, 4) is 34.4 Å². The van der Waals surface area contributed by atoms with Crippen LogP contribution in [0.25, 0.3) is 22.9 Å². The quantitative estimate of drug-likeness (QED) is 0.148. The fourth-order valence-electron chi connectivity index (χ4n) is 3.30. The molecule has 8 heteroatoms. The standard InChI is InChI=1S/C14H16ClNO2.C14H17NO3/c1-9(2)17-12-6-4-11(5-7-12)14-16-13(8-15)10(3)18-14;1-9(2)17-13-7-5-12(6-8-13)14-15(16)10(3)11(4)18-14/h4-7,9H,8H2,1-3H3;5-9H,1-4H3. The van der Waals surface area contributed by atoms with Crippen LogP contribution in [0.3, 0.4) is 0 Å².